The molecule has 0 radical (unpaired) electrons. The lowest BCUT2D eigenvalue weighted by Crippen LogP contribution is -2.34. The van der Waals surface area contributed by atoms with Crippen LogP contribution in [0.4, 0.5) is 5.69 Å². The van der Waals surface area contributed by atoms with Crippen LogP contribution in [0.25, 0.3) is 10.9 Å². The highest BCUT2D eigenvalue weighted by atomic mass is 16.2. The van der Waals surface area contributed by atoms with Gasteiger partial charge in [-0.3, -0.25) is 14.4 Å². The maximum atomic E-state index is 12.4. The van der Waals surface area contributed by atoms with Crippen molar-refractivity contribution in [1.29, 1.82) is 0 Å². The van der Waals surface area contributed by atoms with Crippen molar-refractivity contribution in [2.45, 2.75) is 58.9 Å². The summed E-state index contributed by atoms with van der Waals surface area (Å²) >= 11 is 0. The third-order valence-corrected chi connectivity index (χ3v) is 6.12. The molecule has 31 heavy (non-hydrogen) atoms. The number of nitrogens with one attached hydrogen (secondary N) is 2. The van der Waals surface area contributed by atoms with E-state index in [-0.39, 0.29) is 24.3 Å². The van der Waals surface area contributed by atoms with Crippen LogP contribution in [-0.4, -0.2) is 46.8 Å². The van der Waals surface area contributed by atoms with Crippen molar-refractivity contribution >= 4 is 34.3 Å². The fourth-order valence-electron chi connectivity index (χ4n) is 4.35. The minimum absolute atomic E-state index is 0.0248. The van der Waals surface area contributed by atoms with Crippen molar-refractivity contribution < 1.29 is 14.4 Å². The molecule has 0 atom stereocenters. The van der Waals surface area contributed by atoms with Gasteiger partial charge < -0.3 is 20.1 Å². The van der Waals surface area contributed by atoms with Gasteiger partial charge in [0, 0.05) is 42.3 Å². The summed E-state index contributed by atoms with van der Waals surface area (Å²) in [5, 5.41) is 6.53. The molecule has 0 saturated heterocycles. The van der Waals surface area contributed by atoms with Gasteiger partial charge >= 0.3 is 0 Å². The monoisotopic (exact) mass is 426 g/mol. The van der Waals surface area contributed by atoms with Crippen LogP contribution in [0.15, 0.2) is 30.5 Å². The number of nitrogens with zero attached hydrogens (tertiary/aromatic N) is 2. The van der Waals surface area contributed by atoms with Crippen LogP contribution >= 0.6 is 0 Å². The molecule has 1 aromatic heterocycles. The van der Waals surface area contributed by atoms with Gasteiger partial charge in [0.25, 0.3) is 0 Å². The highest BCUT2D eigenvalue weighted by Gasteiger charge is 2.17. The second kappa shape index (κ2) is 11.0. The summed E-state index contributed by atoms with van der Waals surface area (Å²) in [5.74, 6) is 0.251. The molecule has 0 aliphatic heterocycles. The van der Waals surface area contributed by atoms with Crippen LogP contribution < -0.4 is 10.6 Å². The number of anilines is 1. The van der Waals surface area contributed by atoms with Crippen molar-refractivity contribution in [3.05, 3.63) is 30.5 Å². The summed E-state index contributed by atoms with van der Waals surface area (Å²) in [5.41, 5.74) is 1.62. The smallest absolute Gasteiger partial charge is 0.243 e. The number of fused-ring (bicyclic) bond motifs is 1. The largest absolute Gasteiger partial charge is 0.347 e. The Morgan fingerprint density at radius 2 is 1.77 bits per heavy atom. The van der Waals surface area contributed by atoms with E-state index in [4.69, 9.17) is 0 Å². The molecule has 1 aliphatic rings. The van der Waals surface area contributed by atoms with Gasteiger partial charge in [-0.1, -0.05) is 19.3 Å². The van der Waals surface area contributed by atoms with Gasteiger partial charge in [-0.2, -0.15) is 0 Å². The second-order valence-electron chi connectivity index (χ2n) is 8.32. The van der Waals surface area contributed by atoms with Crippen molar-refractivity contribution in [3.63, 3.8) is 0 Å². The molecule has 1 heterocycles. The Kier molecular flexibility index (Phi) is 8.09. The summed E-state index contributed by atoms with van der Waals surface area (Å²) in [6.07, 6.45) is 8.29. The van der Waals surface area contributed by atoms with Gasteiger partial charge in [-0.25, -0.2) is 0 Å². The van der Waals surface area contributed by atoms with E-state index >= 15 is 0 Å². The zero-order valence-corrected chi connectivity index (χ0v) is 18.7. The highest BCUT2D eigenvalue weighted by Crippen LogP contribution is 2.26. The van der Waals surface area contributed by atoms with Crippen LogP contribution in [0.3, 0.4) is 0 Å². The average molecular weight is 427 g/mol. The predicted octanol–water partition coefficient (Wildman–Crippen LogP) is 3.53. The topological polar surface area (TPSA) is 83.4 Å². The molecule has 2 N–H and O–H groups in total. The molecule has 7 nitrogen and oxygen atoms in total. The van der Waals surface area contributed by atoms with Crippen LogP contribution in [0, 0.1) is 5.92 Å². The molecule has 1 fully saturated rings. The Labute approximate surface area is 184 Å². The lowest BCUT2D eigenvalue weighted by Gasteiger charge is -2.20. The zero-order valence-electron chi connectivity index (χ0n) is 18.7. The van der Waals surface area contributed by atoms with Crippen molar-refractivity contribution in [3.8, 4) is 0 Å². The standard InChI is InChI=1S/C24H34N4O3/c1-3-27(4-2)24(31)17-28-13-12-19-15-20(10-11-21(19)28)26-23(30)16-25-22(29)14-18-8-6-5-7-9-18/h10-13,15,18H,3-9,14,16-17H2,1-2H3,(H,25,29)(H,26,30). The normalized spacial score (nSPS) is 14.4. The van der Waals surface area contributed by atoms with E-state index < -0.39 is 0 Å². The summed E-state index contributed by atoms with van der Waals surface area (Å²) < 4.78 is 1.92. The van der Waals surface area contributed by atoms with Gasteiger partial charge in [0.15, 0.2) is 0 Å². The molecule has 1 aliphatic carbocycles. The summed E-state index contributed by atoms with van der Waals surface area (Å²) in [6, 6.07) is 7.55. The van der Waals surface area contributed by atoms with E-state index in [0.717, 1.165) is 23.7 Å². The van der Waals surface area contributed by atoms with E-state index in [1.165, 1.54) is 19.3 Å². The number of hydrogen-bond acceptors (Lipinski definition) is 3. The molecule has 3 rings (SSSR count). The molecule has 3 amide bonds. The lowest BCUT2D eigenvalue weighted by molar-refractivity contribution is -0.131. The van der Waals surface area contributed by atoms with E-state index in [2.05, 4.69) is 10.6 Å². The first-order valence-corrected chi connectivity index (χ1v) is 11.4. The molecule has 1 saturated carbocycles. The number of aromatic nitrogens is 1. The Morgan fingerprint density at radius 3 is 2.48 bits per heavy atom. The third-order valence-electron chi connectivity index (χ3n) is 6.12. The number of rotatable bonds is 9. The second-order valence-corrected chi connectivity index (χ2v) is 8.32. The van der Waals surface area contributed by atoms with Crippen LogP contribution in [0.1, 0.15) is 52.4 Å². The lowest BCUT2D eigenvalue weighted by atomic mass is 9.87. The van der Waals surface area contributed by atoms with Crippen molar-refractivity contribution in [1.82, 2.24) is 14.8 Å². The number of likely N-dealkylation sites (N-methyl/N-ethyl adjacent to an activating group) is 1. The Morgan fingerprint density at radius 1 is 1.03 bits per heavy atom. The molecule has 168 valence electrons. The SMILES string of the molecule is CCN(CC)C(=O)Cn1ccc2cc(NC(=O)CNC(=O)CC3CCCCC3)ccc21. The van der Waals surface area contributed by atoms with E-state index in [1.54, 1.807) is 0 Å². The first-order chi connectivity index (χ1) is 15.0. The minimum Gasteiger partial charge on any atom is -0.347 e. The van der Waals surface area contributed by atoms with E-state index in [9.17, 15) is 14.4 Å². The Bertz CT molecular complexity index is 911. The molecule has 0 spiro atoms. The maximum absolute atomic E-state index is 12.4. The first-order valence-electron chi connectivity index (χ1n) is 11.4. The quantitative estimate of drug-likeness (QED) is 0.643. The molecule has 0 unspecified atom stereocenters. The van der Waals surface area contributed by atoms with Gasteiger partial charge in [0.2, 0.25) is 17.7 Å². The van der Waals surface area contributed by atoms with Gasteiger partial charge in [0.1, 0.15) is 6.54 Å². The van der Waals surface area contributed by atoms with Gasteiger partial charge in [-0.05, 0) is 56.9 Å². The summed E-state index contributed by atoms with van der Waals surface area (Å²) in [7, 11) is 0. The van der Waals surface area contributed by atoms with Crippen molar-refractivity contribution in [2.24, 2.45) is 5.92 Å². The number of benzene rings is 1. The van der Waals surface area contributed by atoms with Gasteiger partial charge in [-0.15, -0.1) is 0 Å². The first kappa shape index (κ1) is 22.8. The summed E-state index contributed by atoms with van der Waals surface area (Å²) in [4.78, 5) is 38.6. The minimum atomic E-state index is -0.243. The van der Waals surface area contributed by atoms with Gasteiger partial charge in [0.05, 0.1) is 6.54 Å². The fourth-order valence-corrected chi connectivity index (χ4v) is 4.35. The molecule has 0 bridgehead atoms. The van der Waals surface area contributed by atoms with Crippen LogP contribution in [0.5, 0.6) is 0 Å². The molecular weight excluding hydrogens is 392 g/mol. The molecule has 1 aromatic carbocycles. The number of carbonyl (C=O) groups excluding carboxylic acids is 3. The number of amides is 3. The fraction of sp³-hybridized carbons (Fsp3) is 0.542. The van der Waals surface area contributed by atoms with Crippen LogP contribution in [-0.2, 0) is 20.9 Å². The average Bonchev–Trinajstić information content (AvgIpc) is 3.16. The zero-order chi connectivity index (χ0) is 22.2. The molecule has 7 heteroatoms. The maximum Gasteiger partial charge on any atom is 0.243 e. The van der Waals surface area contributed by atoms with Crippen LogP contribution in [0.2, 0.25) is 0 Å². The molecular formula is C24H34N4O3. The number of hydrogen-bond donors (Lipinski definition) is 2. The van der Waals surface area contributed by atoms with E-state index in [1.807, 2.05) is 53.8 Å². The summed E-state index contributed by atoms with van der Waals surface area (Å²) in [6.45, 7) is 5.61. The Hall–Kier alpha value is -2.83. The Balaban J connectivity index is 1.51. The number of carbonyl (C=O) groups is 3. The van der Waals surface area contributed by atoms with E-state index in [0.29, 0.717) is 37.7 Å². The van der Waals surface area contributed by atoms with Crippen molar-refractivity contribution in [2.75, 3.05) is 25.0 Å². The third kappa shape index (κ3) is 6.32. The highest BCUT2D eigenvalue weighted by molar-refractivity contribution is 5.96. The molecule has 2 aromatic rings. The predicted molar refractivity (Wildman–Crippen MR) is 123 cm³/mol.